The molecule has 0 aromatic carbocycles. The summed E-state index contributed by atoms with van der Waals surface area (Å²) in [6.45, 7) is 8.24. The molecule has 0 aromatic rings. The Hall–Kier alpha value is -0.660. The maximum absolute atomic E-state index is 10.8. The zero-order valence-corrected chi connectivity index (χ0v) is 14.1. The number of rotatable bonds is 4. The Morgan fingerprint density at radius 1 is 0.850 bits per heavy atom. The van der Waals surface area contributed by atoms with Crippen LogP contribution in [0.1, 0.15) is 53.4 Å². The molecule has 0 spiro atoms. The van der Waals surface area contributed by atoms with Gasteiger partial charge in [-0.05, 0) is 58.8 Å². The van der Waals surface area contributed by atoms with Gasteiger partial charge in [0.25, 0.3) is 0 Å². The quantitative estimate of drug-likeness (QED) is 0.783. The van der Waals surface area contributed by atoms with Crippen LogP contribution in [-0.4, -0.2) is 38.6 Å². The standard InChI is InChI=1S/C13H23NO4S2/c1-11(2)9-13(5-7-19(15)16,6-8-20(17)18)10-12(3,4)14-11/h7-8,14H,5-6,9-10H2,1-4H3. The molecule has 1 heterocycles. The van der Waals surface area contributed by atoms with Gasteiger partial charge in [0.05, 0.1) is 0 Å². The third-order valence-corrected chi connectivity index (χ3v) is 4.49. The first kappa shape index (κ1) is 17.4. The maximum atomic E-state index is 10.8. The topological polar surface area (TPSA) is 80.3 Å². The van der Waals surface area contributed by atoms with E-state index in [1.54, 1.807) is 0 Å². The number of nitrogens with one attached hydrogen (secondary N) is 1. The Morgan fingerprint density at radius 3 is 1.50 bits per heavy atom. The van der Waals surface area contributed by atoms with Crippen LogP contribution in [-0.2, 0) is 20.6 Å². The molecule has 1 saturated heterocycles. The molecule has 0 aromatic heterocycles. The van der Waals surface area contributed by atoms with Crippen LogP contribution in [0.15, 0.2) is 0 Å². The molecular formula is C13H23NO4S2. The van der Waals surface area contributed by atoms with Gasteiger partial charge in [0.2, 0.25) is 20.6 Å². The van der Waals surface area contributed by atoms with Crippen LogP contribution in [0.4, 0.5) is 0 Å². The van der Waals surface area contributed by atoms with Gasteiger partial charge in [-0.1, -0.05) is 0 Å². The van der Waals surface area contributed by atoms with Gasteiger partial charge in [0.1, 0.15) is 0 Å². The average molecular weight is 321 g/mol. The van der Waals surface area contributed by atoms with Crippen molar-refractivity contribution in [2.24, 2.45) is 5.41 Å². The first-order valence-electron chi connectivity index (χ1n) is 6.58. The number of piperidine rings is 1. The first-order valence-corrected chi connectivity index (χ1v) is 8.85. The Labute approximate surface area is 123 Å². The zero-order valence-electron chi connectivity index (χ0n) is 12.4. The van der Waals surface area contributed by atoms with E-state index in [1.807, 2.05) is 0 Å². The molecule has 116 valence electrons. The predicted molar refractivity (Wildman–Crippen MR) is 82.2 cm³/mol. The van der Waals surface area contributed by atoms with Crippen LogP contribution in [0, 0.1) is 5.41 Å². The summed E-state index contributed by atoms with van der Waals surface area (Å²) in [5.41, 5.74) is -0.686. The van der Waals surface area contributed by atoms with Crippen LogP contribution in [0.3, 0.4) is 0 Å². The Balaban J connectivity index is 3.21. The van der Waals surface area contributed by atoms with Crippen molar-refractivity contribution in [2.45, 2.75) is 64.5 Å². The lowest BCUT2D eigenvalue weighted by Gasteiger charge is -2.52. The minimum absolute atomic E-state index is 0.168. The molecule has 5 nitrogen and oxygen atoms in total. The summed E-state index contributed by atoms with van der Waals surface area (Å²) in [5, 5.41) is 6.02. The van der Waals surface area contributed by atoms with Crippen molar-refractivity contribution in [1.82, 2.24) is 5.32 Å². The molecule has 0 atom stereocenters. The lowest BCUT2D eigenvalue weighted by Crippen LogP contribution is -2.61. The van der Waals surface area contributed by atoms with Gasteiger partial charge in [-0.2, -0.15) is 16.8 Å². The van der Waals surface area contributed by atoms with E-state index in [4.69, 9.17) is 0 Å². The Morgan fingerprint density at radius 2 is 1.20 bits per heavy atom. The average Bonchev–Trinajstić information content (AvgIpc) is 2.19. The van der Waals surface area contributed by atoms with Gasteiger partial charge in [-0.15, -0.1) is 0 Å². The highest BCUT2D eigenvalue weighted by atomic mass is 32.2. The molecule has 0 unspecified atom stereocenters. The van der Waals surface area contributed by atoms with Gasteiger partial charge in [0.15, 0.2) is 0 Å². The van der Waals surface area contributed by atoms with Crippen molar-refractivity contribution >= 4 is 31.3 Å². The summed E-state index contributed by atoms with van der Waals surface area (Å²) >= 11 is 0. The Kier molecular flexibility index (Phi) is 5.21. The van der Waals surface area contributed by atoms with E-state index in [9.17, 15) is 16.8 Å². The van der Waals surface area contributed by atoms with Gasteiger partial charge >= 0.3 is 0 Å². The minimum Gasteiger partial charge on any atom is -0.307 e. The van der Waals surface area contributed by atoms with E-state index in [-0.39, 0.29) is 16.5 Å². The minimum atomic E-state index is -2.22. The van der Waals surface area contributed by atoms with Gasteiger partial charge in [-0.3, -0.25) is 0 Å². The van der Waals surface area contributed by atoms with Crippen LogP contribution >= 0.6 is 0 Å². The normalized spacial score (nSPS) is 22.8. The van der Waals surface area contributed by atoms with Crippen LogP contribution in [0.2, 0.25) is 0 Å². The smallest absolute Gasteiger partial charge is 0.209 e. The molecule has 0 bridgehead atoms. The largest absolute Gasteiger partial charge is 0.307 e. The fourth-order valence-electron chi connectivity index (χ4n) is 3.80. The van der Waals surface area contributed by atoms with Crippen LogP contribution in [0.25, 0.3) is 0 Å². The molecule has 0 saturated carbocycles. The van der Waals surface area contributed by atoms with Crippen molar-refractivity contribution in [3.05, 3.63) is 0 Å². The molecular weight excluding hydrogens is 298 g/mol. The second kappa shape index (κ2) is 5.99. The second-order valence-corrected chi connectivity index (χ2v) is 8.72. The highest BCUT2D eigenvalue weighted by Crippen LogP contribution is 2.46. The van der Waals surface area contributed by atoms with Crippen LogP contribution in [0.5, 0.6) is 0 Å². The van der Waals surface area contributed by atoms with Gasteiger partial charge < -0.3 is 5.32 Å². The van der Waals surface area contributed by atoms with Gasteiger partial charge in [0, 0.05) is 21.8 Å². The molecule has 20 heavy (non-hydrogen) atoms. The molecule has 1 aliphatic heterocycles. The monoisotopic (exact) mass is 321 g/mol. The molecule has 0 amide bonds. The summed E-state index contributed by atoms with van der Waals surface area (Å²) < 4.78 is 43.4. The third kappa shape index (κ3) is 5.38. The van der Waals surface area contributed by atoms with E-state index < -0.39 is 20.6 Å². The van der Waals surface area contributed by atoms with E-state index in [2.05, 4.69) is 33.0 Å². The van der Waals surface area contributed by atoms with Crippen molar-refractivity contribution in [1.29, 1.82) is 0 Å². The van der Waals surface area contributed by atoms with E-state index in [0.29, 0.717) is 12.8 Å². The predicted octanol–water partition coefficient (Wildman–Crippen LogP) is 1.06. The summed E-state index contributed by atoms with van der Waals surface area (Å²) in [4.78, 5) is 0. The number of hydrogen-bond acceptors (Lipinski definition) is 5. The molecule has 1 fully saturated rings. The fourth-order valence-corrected chi connectivity index (χ4v) is 4.78. The summed E-state index contributed by atoms with van der Waals surface area (Å²) in [6, 6.07) is 0. The molecule has 0 radical (unpaired) electrons. The Bertz CT molecular complexity index is 555. The third-order valence-electron chi connectivity index (χ3n) is 3.62. The van der Waals surface area contributed by atoms with Crippen molar-refractivity contribution in [3.63, 3.8) is 0 Å². The lowest BCUT2D eigenvalue weighted by molar-refractivity contribution is 0.0591. The molecule has 1 N–H and O–H groups in total. The molecule has 1 rings (SSSR count). The van der Waals surface area contributed by atoms with Crippen molar-refractivity contribution in [3.8, 4) is 0 Å². The molecule has 0 aliphatic carbocycles. The lowest BCUT2D eigenvalue weighted by atomic mass is 9.63. The zero-order chi connectivity index (χ0) is 15.6. The summed E-state index contributed by atoms with van der Waals surface area (Å²) in [5.74, 6) is 0. The summed E-state index contributed by atoms with van der Waals surface area (Å²) in [6.07, 6.45) is 2.19. The van der Waals surface area contributed by atoms with Crippen molar-refractivity contribution in [2.75, 3.05) is 0 Å². The highest BCUT2D eigenvalue weighted by molar-refractivity contribution is 7.71. The molecule has 1 aliphatic rings. The fraction of sp³-hybridized carbons (Fsp3) is 0.846. The van der Waals surface area contributed by atoms with Gasteiger partial charge in [-0.25, -0.2) is 0 Å². The SMILES string of the molecule is CC1(C)CC(CC=S(=O)=O)(CC=S(=O)=O)CC(C)(C)N1. The second-order valence-electron chi connectivity index (χ2n) is 7.01. The molecule has 7 heteroatoms. The van der Waals surface area contributed by atoms with Crippen LogP contribution < -0.4 is 5.32 Å². The van der Waals surface area contributed by atoms with Crippen molar-refractivity contribution < 1.29 is 16.8 Å². The van der Waals surface area contributed by atoms with E-state index in [0.717, 1.165) is 12.8 Å². The van der Waals surface area contributed by atoms with E-state index >= 15 is 0 Å². The maximum Gasteiger partial charge on any atom is 0.209 e. The highest BCUT2D eigenvalue weighted by Gasteiger charge is 2.46. The van der Waals surface area contributed by atoms with E-state index in [1.165, 1.54) is 10.7 Å². The number of hydrogen-bond donors (Lipinski definition) is 1. The summed E-state index contributed by atoms with van der Waals surface area (Å²) in [7, 11) is -4.44. The first-order chi connectivity index (χ1) is 8.95.